The summed E-state index contributed by atoms with van der Waals surface area (Å²) in [5.74, 6) is 1.55. The molecule has 1 aliphatic rings. The molecule has 0 aliphatic carbocycles. The number of benzene rings is 3. The minimum atomic E-state index is -0.00731. The quantitative estimate of drug-likeness (QED) is 0.380. The zero-order valence-electron chi connectivity index (χ0n) is 12.4. The molecule has 0 amide bonds. The van der Waals surface area contributed by atoms with E-state index < -0.39 is 0 Å². The third-order valence-corrected chi connectivity index (χ3v) is 3.91. The van der Waals surface area contributed by atoms with E-state index in [1.807, 2.05) is 78.9 Å². The van der Waals surface area contributed by atoms with Crippen molar-refractivity contribution in [3.05, 3.63) is 102 Å². The fraction of sp³-hybridized carbons (Fsp3) is 0. The van der Waals surface area contributed by atoms with Crippen molar-refractivity contribution in [1.82, 2.24) is 0 Å². The van der Waals surface area contributed by atoms with Crippen LogP contribution in [-0.4, -0.2) is 5.78 Å². The first kappa shape index (κ1) is 13.5. The molecule has 23 heavy (non-hydrogen) atoms. The van der Waals surface area contributed by atoms with Crippen molar-refractivity contribution in [2.45, 2.75) is 0 Å². The van der Waals surface area contributed by atoms with E-state index in [0.717, 1.165) is 28.2 Å². The van der Waals surface area contributed by atoms with Crippen LogP contribution in [0.3, 0.4) is 0 Å². The Morgan fingerprint density at radius 2 is 1.22 bits per heavy atom. The van der Waals surface area contributed by atoms with E-state index in [9.17, 15) is 4.79 Å². The Hall–Kier alpha value is -3.13. The Balaban J connectivity index is 1.88. The highest BCUT2D eigenvalue weighted by atomic mass is 16.5. The van der Waals surface area contributed by atoms with E-state index in [-0.39, 0.29) is 5.78 Å². The highest BCUT2D eigenvalue weighted by Crippen LogP contribution is 2.43. The van der Waals surface area contributed by atoms with Gasteiger partial charge in [0, 0.05) is 22.3 Å². The van der Waals surface area contributed by atoms with Crippen molar-refractivity contribution in [2.75, 3.05) is 0 Å². The van der Waals surface area contributed by atoms with Crippen molar-refractivity contribution >= 4 is 11.4 Å². The van der Waals surface area contributed by atoms with Crippen molar-refractivity contribution in [3.63, 3.8) is 0 Å². The van der Waals surface area contributed by atoms with Crippen molar-refractivity contribution in [1.29, 1.82) is 0 Å². The minimum Gasteiger partial charge on any atom is -0.456 e. The van der Waals surface area contributed by atoms with Gasteiger partial charge < -0.3 is 4.74 Å². The Morgan fingerprint density at radius 3 is 1.83 bits per heavy atom. The average Bonchev–Trinajstić information content (AvgIpc) is 2.62. The monoisotopic (exact) mass is 298 g/mol. The lowest BCUT2D eigenvalue weighted by molar-refractivity contribution is 0.104. The van der Waals surface area contributed by atoms with E-state index >= 15 is 0 Å². The van der Waals surface area contributed by atoms with Gasteiger partial charge in [-0.1, -0.05) is 66.7 Å². The summed E-state index contributed by atoms with van der Waals surface area (Å²) in [7, 11) is 0. The molecular weight excluding hydrogens is 284 g/mol. The number of hydrogen-bond donors (Lipinski definition) is 0. The first-order valence-corrected chi connectivity index (χ1v) is 7.51. The van der Waals surface area contributed by atoms with Gasteiger partial charge in [-0.25, -0.2) is 0 Å². The molecule has 2 heteroatoms. The number of ketones is 1. The molecule has 0 atom stereocenters. The van der Waals surface area contributed by atoms with E-state index in [2.05, 4.69) is 0 Å². The standard InChI is InChI=1S/C21H14O2/c22-19(15-8-2-1-3-9-15)14-18-16-10-4-6-12-20(16)23-21-13-7-5-11-17(18)21/h1-14H. The highest BCUT2D eigenvalue weighted by molar-refractivity contribution is 6.11. The molecular formula is C21H14O2. The van der Waals surface area contributed by atoms with Crippen LogP contribution in [0.5, 0.6) is 11.5 Å². The maximum Gasteiger partial charge on any atom is 0.186 e. The summed E-state index contributed by atoms with van der Waals surface area (Å²) in [5, 5.41) is 0. The molecule has 0 bridgehead atoms. The van der Waals surface area contributed by atoms with Crippen molar-refractivity contribution in [3.8, 4) is 11.5 Å². The van der Waals surface area contributed by atoms with Gasteiger partial charge in [-0.2, -0.15) is 0 Å². The van der Waals surface area contributed by atoms with Crippen LogP contribution in [0.2, 0.25) is 0 Å². The first-order valence-electron chi connectivity index (χ1n) is 7.51. The third-order valence-electron chi connectivity index (χ3n) is 3.91. The maximum absolute atomic E-state index is 12.6. The number of rotatable bonds is 2. The summed E-state index contributed by atoms with van der Waals surface area (Å²) in [5.41, 5.74) is 3.46. The van der Waals surface area contributed by atoms with Gasteiger partial charge in [-0.05, 0) is 18.2 Å². The number of hydrogen-bond acceptors (Lipinski definition) is 2. The van der Waals surface area contributed by atoms with E-state index in [0.29, 0.717) is 5.56 Å². The van der Waals surface area contributed by atoms with E-state index in [4.69, 9.17) is 4.74 Å². The normalized spacial score (nSPS) is 11.9. The second-order valence-corrected chi connectivity index (χ2v) is 5.38. The zero-order chi connectivity index (χ0) is 15.6. The summed E-state index contributed by atoms with van der Waals surface area (Å²) in [6, 6.07) is 24.9. The Bertz CT molecular complexity index is 860. The van der Waals surface area contributed by atoms with Gasteiger partial charge in [0.1, 0.15) is 11.5 Å². The molecule has 0 spiro atoms. The molecule has 0 unspecified atom stereocenters. The molecule has 2 nitrogen and oxygen atoms in total. The van der Waals surface area contributed by atoms with Crippen LogP contribution in [0.25, 0.3) is 5.57 Å². The molecule has 1 aliphatic heterocycles. The summed E-state index contributed by atoms with van der Waals surface area (Å²) in [4.78, 5) is 12.6. The van der Waals surface area contributed by atoms with Crippen LogP contribution >= 0.6 is 0 Å². The molecule has 0 N–H and O–H groups in total. The largest absolute Gasteiger partial charge is 0.456 e. The minimum absolute atomic E-state index is 0.00731. The number of allylic oxidation sites excluding steroid dienone is 1. The smallest absolute Gasteiger partial charge is 0.186 e. The van der Waals surface area contributed by atoms with Gasteiger partial charge in [0.25, 0.3) is 0 Å². The molecule has 0 fully saturated rings. The lowest BCUT2D eigenvalue weighted by atomic mass is 9.92. The van der Waals surface area contributed by atoms with Crippen LogP contribution in [0, 0.1) is 0 Å². The topological polar surface area (TPSA) is 26.3 Å². The van der Waals surface area contributed by atoms with Gasteiger partial charge in [0.15, 0.2) is 5.78 Å². The summed E-state index contributed by atoms with van der Waals surface area (Å²) >= 11 is 0. The van der Waals surface area contributed by atoms with Gasteiger partial charge in [-0.3, -0.25) is 4.79 Å². The fourth-order valence-electron chi connectivity index (χ4n) is 2.79. The van der Waals surface area contributed by atoms with Crippen LogP contribution in [-0.2, 0) is 0 Å². The highest BCUT2D eigenvalue weighted by Gasteiger charge is 2.22. The molecule has 3 aromatic rings. The summed E-state index contributed by atoms with van der Waals surface area (Å²) in [6.07, 6.45) is 1.70. The summed E-state index contributed by atoms with van der Waals surface area (Å²) in [6.45, 7) is 0. The SMILES string of the molecule is O=C(C=C1c2ccccc2Oc2ccccc21)c1ccccc1. The van der Waals surface area contributed by atoms with E-state index in [1.165, 1.54) is 0 Å². The predicted octanol–water partition coefficient (Wildman–Crippen LogP) is 5.11. The number of ether oxygens (including phenoxy) is 1. The Labute approximate surface area is 134 Å². The molecule has 0 saturated carbocycles. The van der Waals surface area contributed by atoms with Gasteiger partial charge in [-0.15, -0.1) is 0 Å². The molecule has 0 saturated heterocycles. The van der Waals surface area contributed by atoms with Gasteiger partial charge in [0.05, 0.1) is 0 Å². The maximum atomic E-state index is 12.6. The number of carbonyl (C=O) groups excluding carboxylic acids is 1. The van der Waals surface area contributed by atoms with Gasteiger partial charge >= 0.3 is 0 Å². The molecule has 110 valence electrons. The van der Waals surface area contributed by atoms with Crippen molar-refractivity contribution in [2.24, 2.45) is 0 Å². The molecule has 1 heterocycles. The van der Waals surface area contributed by atoms with Crippen LogP contribution < -0.4 is 4.74 Å². The Kier molecular flexibility index (Phi) is 3.28. The lowest BCUT2D eigenvalue weighted by Gasteiger charge is -2.22. The first-order chi connectivity index (χ1) is 11.3. The zero-order valence-corrected chi connectivity index (χ0v) is 12.4. The number of para-hydroxylation sites is 2. The lowest BCUT2D eigenvalue weighted by Crippen LogP contribution is -2.04. The predicted molar refractivity (Wildman–Crippen MR) is 90.8 cm³/mol. The average molecular weight is 298 g/mol. The molecule has 3 aromatic carbocycles. The molecule has 0 aromatic heterocycles. The molecule has 0 radical (unpaired) electrons. The second-order valence-electron chi connectivity index (χ2n) is 5.38. The molecule has 4 rings (SSSR count). The second kappa shape index (κ2) is 5.58. The Morgan fingerprint density at radius 1 is 0.696 bits per heavy atom. The van der Waals surface area contributed by atoms with E-state index in [1.54, 1.807) is 6.08 Å². The van der Waals surface area contributed by atoms with Crippen molar-refractivity contribution < 1.29 is 9.53 Å². The van der Waals surface area contributed by atoms with Crippen LogP contribution in [0.4, 0.5) is 0 Å². The fourth-order valence-corrected chi connectivity index (χ4v) is 2.79. The third kappa shape index (κ3) is 2.44. The summed E-state index contributed by atoms with van der Waals surface area (Å²) < 4.78 is 5.94. The number of carbonyl (C=O) groups is 1. The van der Waals surface area contributed by atoms with Crippen LogP contribution in [0.1, 0.15) is 21.5 Å². The van der Waals surface area contributed by atoms with Gasteiger partial charge in [0.2, 0.25) is 0 Å². The number of fused-ring (bicyclic) bond motifs is 2. The van der Waals surface area contributed by atoms with Crippen LogP contribution in [0.15, 0.2) is 84.9 Å².